The average molecular weight is 466 g/mol. The normalized spacial score (nSPS) is 15.4. The quantitative estimate of drug-likeness (QED) is 0.401. The molecule has 8 heteroatoms. The van der Waals surface area contributed by atoms with Crippen LogP contribution in [0.5, 0.6) is 5.75 Å². The minimum absolute atomic E-state index is 0.00784. The number of halogens is 2. The molecule has 168 valence electrons. The molecule has 4 aromatic rings. The van der Waals surface area contributed by atoms with Crippen molar-refractivity contribution in [3.8, 4) is 17.0 Å². The van der Waals surface area contributed by atoms with Gasteiger partial charge in [0.25, 0.3) is 5.91 Å². The van der Waals surface area contributed by atoms with E-state index < -0.39 is 11.6 Å². The maximum absolute atomic E-state index is 13.9. The smallest absolute Gasteiger partial charge is 0.262 e. The highest BCUT2D eigenvalue weighted by atomic mass is 32.1. The third kappa shape index (κ3) is 3.95. The molecular formula is C25H21F2N3O2S. The van der Waals surface area contributed by atoms with Crippen molar-refractivity contribution in [2.75, 3.05) is 6.61 Å². The van der Waals surface area contributed by atoms with E-state index in [0.29, 0.717) is 39.4 Å². The zero-order chi connectivity index (χ0) is 23.1. The number of para-hydroxylation sites is 1. The number of aromatic nitrogens is 2. The minimum atomic E-state index is -0.687. The van der Waals surface area contributed by atoms with Crippen LogP contribution in [-0.4, -0.2) is 22.5 Å². The summed E-state index contributed by atoms with van der Waals surface area (Å²) in [5, 5.41) is 3.15. The van der Waals surface area contributed by atoms with Crippen LogP contribution in [-0.2, 0) is 0 Å². The van der Waals surface area contributed by atoms with E-state index in [1.54, 1.807) is 0 Å². The molecule has 0 fully saturated rings. The van der Waals surface area contributed by atoms with Crippen LogP contribution < -0.4 is 10.1 Å². The van der Waals surface area contributed by atoms with Gasteiger partial charge in [0.15, 0.2) is 0 Å². The summed E-state index contributed by atoms with van der Waals surface area (Å²) in [6.07, 6.45) is 2.04. The zero-order valence-electron chi connectivity index (χ0n) is 18.1. The molecule has 1 aliphatic heterocycles. The van der Waals surface area contributed by atoms with Gasteiger partial charge in [0.2, 0.25) is 0 Å². The van der Waals surface area contributed by atoms with Crippen LogP contribution in [0.3, 0.4) is 0 Å². The van der Waals surface area contributed by atoms with Crippen LogP contribution in [0.25, 0.3) is 21.5 Å². The predicted molar refractivity (Wildman–Crippen MR) is 124 cm³/mol. The van der Waals surface area contributed by atoms with Crippen molar-refractivity contribution >= 4 is 27.5 Å². The Bertz CT molecular complexity index is 1350. The maximum Gasteiger partial charge on any atom is 0.262 e. The van der Waals surface area contributed by atoms with Crippen molar-refractivity contribution in [2.24, 2.45) is 0 Å². The second-order valence-electron chi connectivity index (χ2n) is 8.26. The second kappa shape index (κ2) is 8.51. The summed E-state index contributed by atoms with van der Waals surface area (Å²) in [5.74, 6) is -0.800. The van der Waals surface area contributed by atoms with Gasteiger partial charge in [-0.15, -0.1) is 11.3 Å². The number of carbonyl (C=O) groups is 1. The first-order chi connectivity index (χ1) is 15.9. The summed E-state index contributed by atoms with van der Waals surface area (Å²) in [6, 6.07) is 10.8. The maximum atomic E-state index is 13.9. The summed E-state index contributed by atoms with van der Waals surface area (Å²) < 4.78 is 34.1. The highest BCUT2D eigenvalue weighted by Crippen LogP contribution is 2.40. The molecule has 1 atom stereocenters. The minimum Gasteiger partial charge on any atom is -0.493 e. The van der Waals surface area contributed by atoms with E-state index >= 15 is 0 Å². The highest BCUT2D eigenvalue weighted by Gasteiger charge is 2.28. The molecule has 1 aliphatic rings. The third-order valence-corrected chi connectivity index (χ3v) is 6.89. The predicted octanol–water partition coefficient (Wildman–Crippen LogP) is 6.01. The van der Waals surface area contributed by atoms with Gasteiger partial charge < -0.3 is 10.1 Å². The number of benzene rings is 2. The first-order valence-corrected chi connectivity index (χ1v) is 11.5. The molecule has 0 saturated heterocycles. The van der Waals surface area contributed by atoms with E-state index in [9.17, 15) is 13.6 Å². The molecule has 3 heterocycles. The molecule has 5 rings (SSSR count). The van der Waals surface area contributed by atoms with Crippen LogP contribution in [0, 0.1) is 11.6 Å². The SMILES string of the molecule is CC(C)c1c(C(=O)N[C@H]2CCOc3ccccc32)sc2c(-c3cc(F)cc(F)c3)ncnc12. The molecule has 5 nitrogen and oxygen atoms in total. The molecule has 2 aromatic carbocycles. The van der Waals surface area contributed by atoms with E-state index in [2.05, 4.69) is 15.3 Å². The largest absolute Gasteiger partial charge is 0.493 e. The summed E-state index contributed by atoms with van der Waals surface area (Å²) >= 11 is 1.25. The lowest BCUT2D eigenvalue weighted by molar-refractivity contribution is 0.0928. The average Bonchev–Trinajstić information content (AvgIpc) is 3.19. The number of nitrogens with one attached hydrogen (secondary N) is 1. The molecule has 0 bridgehead atoms. The number of fused-ring (bicyclic) bond motifs is 2. The Hall–Kier alpha value is -3.39. The van der Waals surface area contributed by atoms with Crippen molar-refractivity contribution < 1.29 is 18.3 Å². The first-order valence-electron chi connectivity index (χ1n) is 10.7. The van der Waals surface area contributed by atoms with E-state index in [1.165, 1.54) is 29.8 Å². The molecule has 0 spiro atoms. The number of hydrogen-bond donors (Lipinski definition) is 1. The van der Waals surface area contributed by atoms with Crippen LogP contribution in [0.4, 0.5) is 8.78 Å². The van der Waals surface area contributed by atoms with E-state index in [1.807, 2.05) is 38.1 Å². The van der Waals surface area contributed by atoms with Crippen LogP contribution in [0.15, 0.2) is 48.8 Å². The molecule has 0 radical (unpaired) electrons. The lowest BCUT2D eigenvalue weighted by Crippen LogP contribution is -2.32. The van der Waals surface area contributed by atoms with Gasteiger partial charge in [-0.25, -0.2) is 18.7 Å². The van der Waals surface area contributed by atoms with Gasteiger partial charge in [-0.1, -0.05) is 32.0 Å². The van der Waals surface area contributed by atoms with Gasteiger partial charge >= 0.3 is 0 Å². The fraction of sp³-hybridized carbons (Fsp3) is 0.240. The number of ether oxygens (including phenoxy) is 1. The molecule has 0 unspecified atom stereocenters. The van der Waals surface area contributed by atoms with Gasteiger partial charge in [-0.2, -0.15) is 0 Å². The topological polar surface area (TPSA) is 64.1 Å². The van der Waals surface area contributed by atoms with Crippen molar-refractivity contribution in [1.29, 1.82) is 0 Å². The Morgan fingerprint density at radius 3 is 2.67 bits per heavy atom. The van der Waals surface area contributed by atoms with Crippen molar-refractivity contribution in [3.05, 3.63) is 76.4 Å². The van der Waals surface area contributed by atoms with Gasteiger partial charge in [0.05, 0.1) is 33.4 Å². The summed E-state index contributed by atoms with van der Waals surface area (Å²) in [6.45, 7) is 4.50. The molecule has 1 amide bonds. The van der Waals surface area contributed by atoms with Crippen molar-refractivity contribution in [3.63, 3.8) is 0 Å². The Kier molecular flexibility index (Phi) is 5.54. The fourth-order valence-corrected chi connectivity index (χ4v) is 5.57. The van der Waals surface area contributed by atoms with E-state index in [0.717, 1.165) is 22.9 Å². The van der Waals surface area contributed by atoms with Crippen LogP contribution >= 0.6 is 11.3 Å². The summed E-state index contributed by atoms with van der Waals surface area (Å²) in [5.41, 5.74) is 3.08. The Balaban J connectivity index is 1.59. The molecule has 0 saturated carbocycles. The standard InChI is InChI=1S/C25H21F2N3O2S/c1-13(2)20-22-24(21(28-12-29-22)14-9-15(26)11-16(27)10-14)33-23(20)25(31)30-18-7-8-32-19-6-4-3-5-17(18)19/h3-6,9-13,18H,7-8H2,1-2H3,(H,30,31)/t18-/m0/s1. The number of amides is 1. The Labute approximate surface area is 193 Å². The van der Waals surface area contributed by atoms with Crippen LogP contribution in [0.2, 0.25) is 0 Å². The number of rotatable bonds is 4. The van der Waals surface area contributed by atoms with Gasteiger partial charge in [0, 0.05) is 29.2 Å². The van der Waals surface area contributed by atoms with E-state index in [-0.39, 0.29) is 17.9 Å². The Morgan fingerprint density at radius 1 is 1.15 bits per heavy atom. The lowest BCUT2D eigenvalue weighted by Gasteiger charge is -2.26. The van der Waals surface area contributed by atoms with E-state index in [4.69, 9.17) is 4.74 Å². The van der Waals surface area contributed by atoms with Gasteiger partial charge in [-0.05, 0) is 24.1 Å². The zero-order valence-corrected chi connectivity index (χ0v) is 18.9. The number of thiophene rings is 1. The molecule has 1 N–H and O–H groups in total. The second-order valence-corrected chi connectivity index (χ2v) is 9.28. The number of nitrogens with zero attached hydrogens (tertiary/aromatic N) is 2. The van der Waals surface area contributed by atoms with Crippen molar-refractivity contribution in [2.45, 2.75) is 32.2 Å². The van der Waals surface area contributed by atoms with Gasteiger partial charge in [0.1, 0.15) is 23.7 Å². The van der Waals surface area contributed by atoms with Crippen LogP contribution in [0.1, 0.15) is 53.0 Å². The fourth-order valence-electron chi connectivity index (χ4n) is 4.24. The molecular weight excluding hydrogens is 444 g/mol. The number of hydrogen-bond acceptors (Lipinski definition) is 5. The summed E-state index contributed by atoms with van der Waals surface area (Å²) in [7, 11) is 0. The molecule has 0 aliphatic carbocycles. The Morgan fingerprint density at radius 2 is 1.91 bits per heavy atom. The monoisotopic (exact) mass is 465 g/mol. The first kappa shape index (κ1) is 21.5. The number of carbonyl (C=O) groups excluding carboxylic acids is 1. The lowest BCUT2D eigenvalue weighted by atomic mass is 9.99. The molecule has 2 aromatic heterocycles. The summed E-state index contributed by atoms with van der Waals surface area (Å²) in [4.78, 5) is 22.7. The van der Waals surface area contributed by atoms with Gasteiger partial charge in [-0.3, -0.25) is 4.79 Å². The third-order valence-electron chi connectivity index (χ3n) is 5.69. The molecule has 33 heavy (non-hydrogen) atoms. The highest BCUT2D eigenvalue weighted by molar-refractivity contribution is 7.21. The van der Waals surface area contributed by atoms with Crippen molar-refractivity contribution in [1.82, 2.24) is 15.3 Å².